The van der Waals surface area contributed by atoms with Crippen molar-refractivity contribution in [2.45, 2.75) is 18.9 Å². The number of hydrogen-bond acceptors (Lipinski definition) is 2. The lowest BCUT2D eigenvalue weighted by Gasteiger charge is -2.34. The highest BCUT2D eigenvalue weighted by molar-refractivity contribution is 5.89. The number of carboxylic acids is 1. The SMILES string of the molecule is O=C(O)[C@@H]1c2ccccc2CC(=O)N1CCCF. The lowest BCUT2D eigenvalue weighted by Crippen LogP contribution is -2.44. The Bertz CT molecular complexity index is 475. The quantitative estimate of drug-likeness (QED) is 0.883. The highest BCUT2D eigenvalue weighted by atomic mass is 19.1. The summed E-state index contributed by atoms with van der Waals surface area (Å²) in [4.78, 5) is 24.5. The molecule has 1 atom stereocenters. The lowest BCUT2D eigenvalue weighted by atomic mass is 9.92. The number of halogens is 1. The zero-order valence-corrected chi connectivity index (χ0v) is 9.80. The summed E-state index contributed by atoms with van der Waals surface area (Å²) >= 11 is 0. The van der Waals surface area contributed by atoms with Gasteiger partial charge in [0.05, 0.1) is 13.1 Å². The number of aliphatic carboxylic acids is 1. The van der Waals surface area contributed by atoms with Gasteiger partial charge >= 0.3 is 5.97 Å². The van der Waals surface area contributed by atoms with Crippen LogP contribution in [0.4, 0.5) is 4.39 Å². The number of rotatable bonds is 4. The maximum atomic E-state index is 12.2. The fraction of sp³-hybridized carbons (Fsp3) is 0.385. The van der Waals surface area contributed by atoms with Crippen molar-refractivity contribution in [3.63, 3.8) is 0 Å². The first-order valence-corrected chi connectivity index (χ1v) is 5.81. The third-order valence-electron chi connectivity index (χ3n) is 3.09. The molecule has 0 saturated heterocycles. The number of fused-ring (bicyclic) bond motifs is 1. The average Bonchev–Trinajstić information content (AvgIpc) is 2.35. The second kappa shape index (κ2) is 5.16. The van der Waals surface area contributed by atoms with Crippen LogP contribution in [0.1, 0.15) is 23.6 Å². The Labute approximate surface area is 104 Å². The topological polar surface area (TPSA) is 57.6 Å². The van der Waals surface area contributed by atoms with E-state index in [2.05, 4.69) is 0 Å². The predicted molar refractivity (Wildman–Crippen MR) is 62.8 cm³/mol. The van der Waals surface area contributed by atoms with Crippen molar-refractivity contribution in [1.29, 1.82) is 0 Å². The van der Waals surface area contributed by atoms with E-state index < -0.39 is 18.7 Å². The number of carbonyl (C=O) groups excluding carboxylic acids is 1. The van der Waals surface area contributed by atoms with E-state index in [0.717, 1.165) is 5.56 Å². The molecule has 96 valence electrons. The van der Waals surface area contributed by atoms with Gasteiger partial charge in [-0.1, -0.05) is 24.3 Å². The van der Waals surface area contributed by atoms with E-state index in [1.165, 1.54) is 4.90 Å². The van der Waals surface area contributed by atoms with Gasteiger partial charge in [0.15, 0.2) is 6.04 Å². The third-order valence-corrected chi connectivity index (χ3v) is 3.09. The maximum absolute atomic E-state index is 12.2. The van der Waals surface area contributed by atoms with Gasteiger partial charge in [0, 0.05) is 6.54 Å². The maximum Gasteiger partial charge on any atom is 0.331 e. The first kappa shape index (κ1) is 12.5. The molecule has 1 amide bonds. The summed E-state index contributed by atoms with van der Waals surface area (Å²) in [5, 5.41) is 9.28. The number of hydrogen-bond donors (Lipinski definition) is 1. The van der Waals surface area contributed by atoms with Crippen LogP contribution >= 0.6 is 0 Å². The monoisotopic (exact) mass is 251 g/mol. The van der Waals surface area contributed by atoms with Crippen molar-refractivity contribution in [2.24, 2.45) is 0 Å². The summed E-state index contributed by atoms with van der Waals surface area (Å²) < 4.78 is 12.2. The molecule has 0 radical (unpaired) electrons. The first-order valence-electron chi connectivity index (χ1n) is 5.81. The molecule has 4 nitrogen and oxygen atoms in total. The number of carboxylic acid groups (broad SMARTS) is 1. The van der Waals surface area contributed by atoms with Gasteiger partial charge in [0.2, 0.25) is 5.91 Å². The molecule has 1 aliphatic heterocycles. The van der Waals surface area contributed by atoms with E-state index in [9.17, 15) is 19.1 Å². The third kappa shape index (κ3) is 2.20. The molecule has 0 aliphatic carbocycles. The number of alkyl halides is 1. The molecule has 0 aromatic heterocycles. The molecule has 2 rings (SSSR count). The van der Waals surface area contributed by atoms with E-state index in [0.29, 0.717) is 5.56 Å². The Kier molecular flexibility index (Phi) is 3.60. The molecule has 1 heterocycles. The van der Waals surface area contributed by atoms with E-state index in [1.54, 1.807) is 24.3 Å². The van der Waals surface area contributed by atoms with E-state index in [4.69, 9.17) is 0 Å². The van der Waals surface area contributed by atoms with Crippen LogP contribution in [0.15, 0.2) is 24.3 Å². The molecule has 0 bridgehead atoms. The van der Waals surface area contributed by atoms with Crippen LogP contribution < -0.4 is 0 Å². The fourth-order valence-electron chi connectivity index (χ4n) is 2.29. The molecule has 0 unspecified atom stereocenters. The number of benzene rings is 1. The molecule has 18 heavy (non-hydrogen) atoms. The number of nitrogens with zero attached hydrogens (tertiary/aromatic N) is 1. The van der Waals surface area contributed by atoms with Gasteiger partial charge in [-0.2, -0.15) is 0 Å². The normalized spacial score (nSPS) is 18.6. The van der Waals surface area contributed by atoms with Gasteiger partial charge in [0.1, 0.15) is 0 Å². The fourth-order valence-corrected chi connectivity index (χ4v) is 2.29. The molecule has 1 aromatic carbocycles. The molecule has 0 saturated carbocycles. The summed E-state index contributed by atoms with van der Waals surface area (Å²) in [6, 6.07) is 6.01. The van der Waals surface area contributed by atoms with Gasteiger partial charge in [-0.25, -0.2) is 4.79 Å². The Balaban J connectivity index is 2.37. The molecular formula is C13H14FNO3. The molecule has 1 aliphatic rings. The predicted octanol–water partition coefficient (Wildman–Crippen LogP) is 1.56. The Morgan fingerprint density at radius 3 is 2.83 bits per heavy atom. The molecule has 1 aromatic rings. The van der Waals surface area contributed by atoms with Crippen molar-refractivity contribution < 1.29 is 19.1 Å². The molecule has 5 heteroatoms. The standard InChI is InChI=1S/C13H14FNO3/c14-6-3-7-15-11(16)8-9-4-1-2-5-10(9)12(15)13(17)18/h1-2,4-5,12H,3,6-8H2,(H,17,18)/t12-/m0/s1. The van der Waals surface area contributed by atoms with Gasteiger partial charge < -0.3 is 10.0 Å². The van der Waals surface area contributed by atoms with Crippen LogP contribution in [-0.2, 0) is 16.0 Å². The zero-order valence-electron chi connectivity index (χ0n) is 9.80. The summed E-state index contributed by atoms with van der Waals surface area (Å²) in [6.07, 6.45) is 0.351. The van der Waals surface area contributed by atoms with E-state index in [-0.39, 0.29) is 25.3 Å². The average molecular weight is 251 g/mol. The van der Waals surface area contributed by atoms with Gasteiger partial charge in [-0.3, -0.25) is 9.18 Å². The minimum atomic E-state index is -1.07. The van der Waals surface area contributed by atoms with Crippen LogP contribution in [0, 0.1) is 0 Å². The molecule has 0 fully saturated rings. The summed E-state index contributed by atoms with van der Waals surface area (Å²) in [5.41, 5.74) is 1.37. The summed E-state index contributed by atoms with van der Waals surface area (Å²) in [6.45, 7) is -0.418. The summed E-state index contributed by atoms with van der Waals surface area (Å²) in [7, 11) is 0. The van der Waals surface area contributed by atoms with Crippen LogP contribution in [0.3, 0.4) is 0 Å². The van der Waals surface area contributed by atoms with Crippen molar-refractivity contribution >= 4 is 11.9 Å². The van der Waals surface area contributed by atoms with Gasteiger partial charge in [-0.05, 0) is 17.5 Å². The minimum absolute atomic E-state index is 0.140. The lowest BCUT2D eigenvalue weighted by molar-refractivity contribution is -0.151. The zero-order chi connectivity index (χ0) is 13.1. The van der Waals surface area contributed by atoms with Crippen LogP contribution in [-0.4, -0.2) is 35.1 Å². The highest BCUT2D eigenvalue weighted by Gasteiger charge is 2.36. The van der Waals surface area contributed by atoms with Gasteiger partial charge in [-0.15, -0.1) is 0 Å². The number of amides is 1. The van der Waals surface area contributed by atoms with Gasteiger partial charge in [0.25, 0.3) is 0 Å². The minimum Gasteiger partial charge on any atom is -0.479 e. The van der Waals surface area contributed by atoms with Crippen LogP contribution in [0.5, 0.6) is 0 Å². The number of carbonyl (C=O) groups is 2. The smallest absolute Gasteiger partial charge is 0.331 e. The van der Waals surface area contributed by atoms with Crippen molar-refractivity contribution in [1.82, 2.24) is 4.90 Å². The summed E-state index contributed by atoms with van der Waals surface area (Å²) in [5.74, 6) is -1.33. The molecular weight excluding hydrogens is 237 g/mol. The Morgan fingerprint density at radius 2 is 2.17 bits per heavy atom. The molecule has 1 N–H and O–H groups in total. The second-order valence-corrected chi connectivity index (χ2v) is 4.25. The Hall–Kier alpha value is -1.91. The van der Waals surface area contributed by atoms with Crippen LogP contribution in [0.2, 0.25) is 0 Å². The largest absolute Gasteiger partial charge is 0.479 e. The first-order chi connectivity index (χ1) is 8.65. The van der Waals surface area contributed by atoms with Crippen molar-refractivity contribution in [3.8, 4) is 0 Å². The van der Waals surface area contributed by atoms with Crippen molar-refractivity contribution in [3.05, 3.63) is 35.4 Å². The van der Waals surface area contributed by atoms with E-state index in [1.807, 2.05) is 0 Å². The Morgan fingerprint density at radius 1 is 1.44 bits per heavy atom. The van der Waals surface area contributed by atoms with E-state index >= 15 is 0 Å². The second-order valence-electron chi connectivity index (χ2n) is 4.25. The van der Waals surface area contributed by atoms with Crippen molar-refractivity contribution in [2.75, 3.05) is 13.2 Å². The van der Waals surface area contributed by atoms with Crippen LogP contribution in [0.25, 0.3) is 0 Å². The highest BCUT2D eigenvalue weighted by Crippen LogP contribution is 2.30. The molecule has 0 spiro atoms.